The zero-order valence-electron chi connectivity index (χ0n) is 17.5. The lowest BCUT2D eigenvalue weighted by Crippen LogP contribution is -2.42. The van der Waals surface area contributed by atoms with Crippen molar-refractivity contribution in [2.24, 2.45) is 0 Å². The largest absolute Gasteiger partial charge is 0.497 e. The fraction of sp³-hybridized carbons (Fsp3) is 0.417. The number of methoxy groups -OCH3 is 1. The topological polar surface area (TPSA) is 58.6 Å². The fourth-order valence-corrected chi connectivity index (χ4v) is 4.04. The highest BCUT2D eigenvalue weighted by atomic mass is 16.5. The molecule has 154 valence electrons. The summed E-state index contributed by atoms with van der Waals surface area (Å²) in [6, 6.07) is 13.7. The molecule has 0 bridgehead atoms. The molecule has 0 aliphatic carbocycles. The molecule has 0 spiro atoms. The molecular weight excluding hydrogens is 364 g/mol. The van der Waals surface area contributed by atoms with Crippen LogP contribution in [0.1, 0.15) is 58.8 Å². The average Bonchev–Trinajstić information content (AvgIpc) is 2.97. The van der Waals surface area contributed by atoms with E-state index in [1.165, 1.54) is 0 Å². The van der Waals surface area contributed by atoms with Gasteiger partial charge in [-0.2, -0.15) is 0 Å². The van der Waals surface area contributed by atoms with Crippen molar-refractivity contribution >= 4 is 11.8 Å². The summed E-state index contributed by atoms with van der Waals surface area (Å²) in [4.78, 5) is 27.5. The third kappa shape index (κ3) is 5.37. The second kappa shape index (κ2) is 9.59. The second-order valence-corrected chi connectivity index (χ2v) is 7.78. The maximum Gasteiger partial charge on any atom is 0.251 e. The van der Waals surface area contributed by atoms with Crippen LogP contribution >= 0.6 is 0 Å². The van der Waals surface area contributed by atoms with Gasteiger partial charge in [0.15, 0.2) is 0 Å². The minimum Gasteiger partial charge on any atom is -0.497 e. The third-order valence-corrected chi connectivity index (χ3v) is 5.46. The molecule has 1 saturated heterocycles. The van der Waals surface area contributed by atoms with Crippen molar-refractivity contribution in [2.75, 3.05) is 20.2 Å². The number of benzene rings is 2. The monoisotopic (exact) mass is 394 g/mol. The minimum absolute atomic E-state index is 0.0124. The van der Waals surface area contributed by atoms with E-state index in [-0.39, 0.29) is 24.4 Å². The van der Waals surface area contributed by atoms with Crippen LogP contribution in [-0.4, -0.2) is 36.9 Å². The van der Waals surface area contributed by atoms with E-state index in [0.29, 0.717) is 5.56 Å². The molecule has 1 atom stereocenters. The Bertz CT molecular complexity index is 841. The molecule has 1 heterocycles. The zero-order chi connectivity index (χ0) is 20.8. The molecule has 2 aromatic carbocycles. The molecule has 5 nitrogen and oxygen atoms in total. The third-order valence-electron chi connectivity index (χ3n) is 5.46. The van der Waals surface area contributed by atoms with Crippen LogP contribution in [0.4, 0.5) is 0 Å². The summed E-state index contributed by atoms with van der Waals surface area (Å²) in [5.74, 6) is 0.562. The Morgan fingerprint density at radius 1 is 1.03 bits per heavy atom. The molecule has 2 amide bonds. The molecule has 5 heteroatoms. The van der Waals surface area contributed by atoms with Gasteiger partial charge in [0.05, 0.1) is 19.7 Å². The Labute approximate surface area is 173 Å². The first-order valence-electron chi connectivity index (χ1n) is 10.3. The lowest BCUT2D eigenvalue weighted by molar-refractivity contribution is -0.132. The lowest BCUT2D eigenvalue weighted by Gasteiger charge is -2.30. The minimum atomic E-state index is -0.207. The van der Waals surface area contributed by atoms with Crippen LogP contribution in [0.15, 0.2) is 42.5 Å². The summed E-state index contributed by atoms with van der Waals surface area (Å²) in [5, 5.41) is 2.81. The van der Waals surface area contributed by atoms with Crippen molar-refractivity contribution < 1.29 is 14.3 Å². The van der Waals surface area contributed by atoms with Crippen molar-refractivity contribution in [1.82, 2.24) is 10.2 Å². The van der Waals surface area contributed by atoms with Crippen molar-refractivity contribution in [3.05, 3.63) is 64.7 Å². The number of likely N-dealkylation sites (tertiary alicyclic amines) is 1. The van der Waals surface area contributed by atoms with E-state index in [9.17, 15) is 9.59 Å². The van der Waals surface area contributed by atoms with Crippen molar-refractivity contribution in [3.63, 3.8) is 0 Å². The molecule has 0 aromatic heterocycles. The molecule has 0 radical (unpaired) electrons. The zero-order valence-corrected chi connectivity index (χ0v) is 17.5. The van der Waals surface area contributed by atoms with Gasteiger partial charge in [-0.1, -0.05) is 42.2 Å². The van der Waals surface area contributed by atoms with Crippen LogP contribution in [0, 0.1) is 13.8 Å². The molecule has 1 fully saturated rings. The predicted molar refractivity (Wildman–Crippen MR) is 114 cm³/mol. The van der Waals surface area contributed by atoms with E-state index >= 15 is 0 Å². The van der Waals surface area contributed by atoms with Crippen LogP contribution in [0.2, 0.25) is 0 Å². The standard InChI is InChI=1S/C24H30N2O3/c1-17-13-18(2)15-20(14-17)24(28)25-16-23(27)26-12-6-4-5-7-22(26)19-8-10-21(29-3)11-9-19/h8-11,13-15,22H,4-7,12,16H2,1-3H3,(H,25,28). The van der Waals surface area contributed by atoms with Gasteiger partial charge in [0, 0.05) is 12.1 Å². The maximum atomic E-state index is 13.0. The number of carbonyl (C=O) groups is 2. The molecule has 0 saturated carbocycles. The Kier molecular flexibility index (Phi) is 6.91. The van der Waals surface area contributed by atoms with Crippen LogP contribution in [0.3, 0.4) is 0 Å². The number of nitrogens with one attached hydrogen (secondary N) is 1. The van der Waals surface area contributed by atoms with Crippen LogP contribution < -0.4 is 10.1 Å². The van der Waals surface area contributed by atoms with Gasteiger partial charge >= 0.3 is 0 Å². The first-order chi connectivity index (χ1) is 14.0. The van der Waals surface area contributed by atoms with Gasteiger partial charge in [0.2, 0.25) is 5.91 Å². The van der Waals surface area contributed by atoms with Gasteiger partial charge in [-0.15, -0.1) is 0 Å². The Morgan fingerprint density at radius 3 is 2.38 bits per heavy atom. The van der Waals surface area contributed by atoms with Crippen LogP contribution in [-0.2, 0) is 4.79 Å². The van der Waals surface area contributed by atoms with E-state index in [1.807, 2.05) is 61.2 Å². The molecule has 3 rings (SSSR count). The highest BCUT2D eigenvalue weighted by molar-refractivity contribution is 5.96. The fourth-order valence-electron chi connectivity index (χ4n) is 4.04. The number of aryl methyl sites for hydroxylation is 2. The summed E-state index contributed by atoms with van der Waals surface area (Å²) < 4.78 is 5.25. The van der Waals surface area contributed by atoms with Crippen molar-refractivity contribution in [1.29, 1.82) is 0 Å². The number of ether oxygens (including phenoxy) is 1. The van der Waals surface area contributed by atoms with Crippen LogP contribution in [0.5, 0.6) is 5.75 Å². The number of rotatable bonds is 5. The van der Waals surface area contributed by atoms with Gasteiger partial charge in [0.25, 0.3) is 5.91 Å². The Morgan fingerprint density at radius 2 is 1.72 bits per heavy atom. The van der Waals surface area contributed by atoms with E-state index < -0.39 is 0 Å². The van der Waals surface area contributed by atoms with Gasteiger partial charge in [-0.05, 0) is 56.5 Å². The highest BCUT2D eigenvalue weighted by Gasteiger charge is 2.27. The Balaban J connectivity index is 1.69. The van der Waals surface area contributed by atoms with Gasteiger partial charge in [-0.25, -0.2) is 0 Å². The molecule has 29 heavy (non-hydrogen) atoms. The lowest BCUT2D eigenvalue weighted by atomic mass is 10.0. The number of amides is 2. The second-order valence-electron chi connectivity index (χ2n) is 7.78. The average molecular weight is 395 g/mol. The number of nitrogens with zero attached hydrogens (tertiary/aromatic N) is 1. The van der Waals surface area contributed by atoms with E-state index in [1.54, 1.807) is 7.11 Å². The SMILES string of the molecule is COc1ccc(C2CCCCCN2C(=O)CNC(=O)c2cc(C)cc(C)c2)cc1. The summed E-state index contributed by atoms with van der Waals surface area (Å²) >= 11 is 0. The highest BCUT2D eigenvalue weighted by Crippen LogP contribution is 2.31. The van der Waals surface area contributed by atoms with Crippen LogP contribution in [0.25, 0.3) is 0 Å². The molecule has 2 aromatic rings. The predicted octanol–water partition coefficient (Wildman–Crippen LogP) is 4.19. The Hall–Kier alpha value is -2.82. The molecule has 1 aliphatic heterocycles. The quantitative estimate of drug-likeness (QED) is 0.827. The normalized spacial score (nSPS) is 16.8. The van der Waals surface area contributed by atoms with Gasteiger partial charge in [-0.3, -0.25) is 9.59 Å². The summed E-state index contributed by atoms with van der Waals surface area (Å²) in [5.41, 5.74) is 3.78. The first kappa shape index (κ1) is 20.9. The summed E-state index contributed by atoms with van der Waals surface area (Å²) in [6.07, 6.45) is 4.13. The number of hydrogen-bond acceptors (Lipinski definition) is 3. The number of hydrogen-bond donors (Lipinski definition) is 1. The van der Waals surface area contributed by atoms with Gasteiger partial charge in [0.1, 0.15) is 5.75 Å². The van der Waals surface area contributed by atoms with E-state index in [2.05, 4.69) is 5.32 Å². The maximum absolute atomic E-state index is 13.0. The van der Waals surface area contributed by atoms with E-state index in [4.69, 9.17) is 4.74 Å². The van der Waals surface area contributed by atoms with Crippen molar-refractivity contribution in [3.8, 4) is 5.75 Å². The summed E-state index contributed by atoms with van der Waals surface area (Å²) in [7, 11) is 1.65. The smallest absolute Gasteiger partial charge is 0.251 e. The molecule has 1 N–H and O–H groups in total. The van der Waals surface area contributed by atoms with Crippen molar-refractivity contribution in [2.45, 2.75) is 45.6 Å². The molecule has 1 aliphatic rings. The number of carbonyl (C=O) groups excluding carboxylic acids is 2. The molecule has 1 unspecified atom stereocenters. The summed E-state index contributed by atoms with van der Waals surface area (Å²) in [6.45, 7) is 4.66. The molecular formula is C24H30N2O3. The first-order valence-corrected chi connectivity index (χ1v) is 10.3. The van der Waals surface area contributed by atoms with Gasteiger partial charge < -0.3 is 15.0 Å². The van der Waals surface area contributed by atoms with E-state index in [0.717, 1.165) is 54.7 Å².